The van der Waals surface area contributed by atoms with E-state index in [9.17, 15) is 4.79 Å². The molecule has 18 heavy (non-hydrogen) atoms. The molecule has 0 aliphatic heterocycles. The van der Waals surface area contributed by atoms with Crippen molar-refractivity contribution in [3.05, 3.63) is 24.5 Å². The number of nitrogens with one attached hydrogen (secondary N) is 1. The summed E-state index contributed by atoms with van der Waals surface area (Å²) in [5.74, 6) is 0.527. The van der Waals surface area contributed by atoms with Crippen LogP contribution in [-0.4, -0.2) is 17.4 Å². The number of aromatic nitrogens is 1. The van der Waals surface area contributed by atoms with Crippen molar-refractivity contribution >= 4 is 36.4 Å². The number of carbonyl (C=O) groups is 1. The third-order valence-electron chi connectivity index (χ3n) is 3.25. The SMILES string of the molecule is Cl.Cl.NC[C@H]1CCC[C@H]1C(=O)Nc1ccncc1. The molecule has 0 saturated heterocycles. The predicted octanol–water partition coefficient (Wildman–Crippen LogP) is 2.24. The minimum absolute atomic E-state index is 0. The van der Waals surface area contributed by atoms with E-state index in [1.807, 2.05) is 0 Å². The van der Waals surface area contributed by atoms with Gasteiger partial charge in [-0.25, -0.2) is 0 Å². The third-order valence-corrected chi connectivity index (χ3v) is 3.25. The fourth-order valence-electron chi connectivity index (χ4n) is 2.33. The van der Waals surface area contributed by atoms with Gasteiger partial charge in [-0.05, 0) is 37.4 Å². The van der Waals surface area contributed by atoms with Crippen LogP contribution in [0.5, 0.6) is 0 Å². The van der Waals surface area contributed by atoms with E-state index in [0.717, 1.165) is 24.9 Å². The Balaban J connectivity index is 0.00000144. The summed E-state index contributed by atoms with van der Waals surface area (Å²) in [4.78, 5) is 15.9. The summed E-state index contributed by atoms with van der Waals surface area (Å²) in [5, 5.41) is 2.91. The number of amides is 1. The first-order valence-electron chi connectivity index (χ1n) is 5.72. The summed E-state index contributed by atoms with van der Waals surface area (Å²) in [6, 6.07) is 3.59. The second-order valence-corrected chi connectivity index (χ2v) is 4.26. The van der Waals surface area contributed by atoms with Gasteiger partial charge < -0.3 is 11.1 Å². The lowest BCUT2D eigenvalue weighted by Gasteiger charge is -2.17. The summed E-state index contributed by atoms with van der Waals surface area (Å²) in [7, 11) is 0. The van der Waals surface area contributed by atoms with Gasteiger partial charge in [-0.1, -0.05) is 6.42 Å². The maximum Gasteiger partial charge on any atom is 0.227 e. The molecule has 0 bridgehead atoms. The lowest BCUT2D eigenvalue weighted by Crippen LogP contribution is -2.29. The molecule has 1 fully saturated rings. The zero-order valence-corrected chi connectivity index (χ0v) is 11.7. The number of anilines is 1. The van der Waals surface area contributed by atoms with E-state index in [-0.39, 0.29) is 36.6 Å². The monoisotopic (exact) mass is 291 g/mol. The molecule has 6 heteroatoms. The van der Waals surface area contributed by atoms with E-state index in [4.69, 9.17) is 5.73 Å². The Morgan fingerprint density at radius 1 is 1.33 bits per heavy atom. The van der Waals surface area contributed by atoms with Crippen LogP contribution in [0.4, 0.5) is 5.69 Å². The Kier molecular flexibility index (Phi) is 7.91. The van der Waals surface area contributed by atoms with Crippen LogP contribution >= 0.6 is 24.8 Å². The van der Waals surface area contributed by atoms with Crippen molar-refractivity contribution in [1.82, 2.24) is 4.98 Å². The summed E-state index contributed by atoms with van der Waals surface area (Å²) in [6.45, 7) is 0.606. The smallest absolute Gasteiger partial charge is 0.227 e. The molecule has 1 saturated carbocycles. The fraction of sp³-hybridized carbons (Fsp3) is 0.500. The molecule has 0 unspecified atom stereocenters. The number of hydrogen-bond acceptors (Lipinski definition) is 3. The normalized spacial score (nSPS) is 21.6. The Bertz CT molecular complexity index is 362. The van der Waals surface area contributed by atoms with Crippen molar-refractivity contribution in [3.8, 4) is 0 Å². The lowest BCUT2D eigenvalue weighted by molar-refractivity contribution is -0.120. The number of halogens is 2. The van der Waals surface area contributed by atoms with Gasteiger partial charge in [0.1, 0.15) is 0 Å². The van der Waals surface area contributed by atoms with Gasteiger partial charge in [-0.15, -0.1) is 24.8 Å². The third kappa shape index (κ3) is 4.12. The van der Waals surface area contributed by atoms with Crippen molar-refractivity contribution in [2.24, 2.45) is 17.6 Å². The van der Waals surface area contributed by atoms with Gasteiger partial charge in [0.15, 0.2) is 0 Å². The van der Waals surface area contributed by atoms with Gasteiger partial charge in [-0.3, -0.25) is 9.78 Å². The van der Waals surface area contributed by atoms with Crippen molar-refractivity contribution in [2.75, 3.05) is 11.9 Å². The Labute approximate surface area is 120 Å². The van der Waals surface area contributed by atoms with Crippen LogP contribution in [0, 0.1) is 11.8 Å². The molecule has 1 aromatic rings. The van der Waals surface area contributed by atoms with E-state index >= 15 is 0 Å². The molecule has 102 valence electrons. The van der Waals surface area contributed by atoms with Crippen molar-refractivity contribution in [1.29, 1.82) is 0 Å². The molecule has 0 aromatic carbocycles. The van der Waals surface area contributed by atoms with E-state index in [0.29, 0.717) is 12.5 Å². The average molecular weight is 292 g/mol. The largest absolute Gasteiger partial charge is 0.330 e. The van der Waals surface area contributed by atoms with Gasteiger partial charge in [0.25, 0.3) is 0 Å². The van der Waals surface area contributed by atoms with Gasteiger partial charge in [0.05, 0.1) is 0 Å². The number of hydrogen-bond donors (Lipinski definition) is 2. The molecule has 2 atom stereocenters. The molecule has 1 aliphatic rings. The zero-order chi connectivity index (χ0) is 11.4. The summed E-state index contributed by atoms with van der Waals surface area (Å²) in [6.07, 6.45) is 6.48. The molecule has 2 rings (SSSR count). The molecule has 1 amide bonds. The van der Waals surface area contributed by atoms with Crippen LogP contribution in [0.1, 0.15) is 19.3 Å². The average Bonchev–Trinajstić information content (AvgIpc) is 2.78. The maximum absolute atomic E-state index is 12.0. The number of pyridine rings is 1. The molecular formula is C12H19Cl2N3O. The minimum Gasteiger partial charge on any atom is -0.330 e. The topological polar surface area (TPSA) is 68.0 Å². The Morgan fingerprint density at radius 3 is 2.61 bits per heavy atom. The second-order valence-electron chi connectivity index (χ2n) is 4.26. The standard InChI is InChI=1S/C12H17N3O.2ClH/c13-8-9-2-1-3-11(9)12(16)15-10-4-6-14-7-5-10;;/h4-7,9,11H,1-3,8,13H2,(H,14,15,16);2*1H/t9-,11-;;/m1../s1. The number of carbonyl (C=O) groups excluding carboxylic acids is 1. The van der Waals surface area contributed by atoms with E-state index in [1.54, 1.807) is 24.5 Å². The molecule has 1 aromatic heterocycles. The van der Waals surface area contributed by atoms with Crippen molar-refractivity contribution < 1.29 is 4.79 Å². The summed E-state index contributed by atoms with van der Waals surface area (Å²) in [5.41, 5.74) is 6.47. The number of nitrogens with two attached hydrogens (primary N) is 1. The molecule has 0 radical (unpaired) electrons. The van der Waals surface area contributed by atoms with Gasteiger partial charge in [0, 0.05) is 24.0 Å². The highest BCUT2D eigenvalue weighted by Gasteiger charge is 2.31. The first kappa shape index (κ1) is 17.2. The Hall–Kier alpha value is -0.840. The maximum atomic E-state index is 12.0. The van der Waals surface area contributed by atoms with Gasteiger partial charge in [0.2, 0.25) is 5.91 Å². The molecular weight excluding hydrogens is 273 g/mol. The van der Waals surface area contributed by atoms with Gasteiger partial charge >= 0.3 is 0 Å². The van der Waals surface area contributed by atoms with E-state index < -0.39 is 0 Å². The van der Waals surface area contributed by atoms with Crippen LogP contribution < -0.4 is 11.1 Å². The van der Waals surface area contributed by atoms with Crippen molar-refractivity contribution in [3.63, 3.8) is 0 Å². The molecule has 3 N–H and O–H groups in total. The lowest BCUT2D eigenvalue weighted by atomic mass is 9.95. The molecule has 0 spiro atoms. The highest BCUT2D eigenvalue weighted by Crippen LogP contribution is 2.31. The van der Waals surface area contributed by atoms with E-state index in [2.05, 4.69) is 10.3 Å². The fourth-order valence-corrected chi connectivity index (χ4v) is 2.33. The second kappa shape index (κ2) is 8.29. The van der Waals surface area contributed by atoms with Crippen molar-refractivity contribution in [2.45, 2.75) is 19.3 Å². The molecule has 1 aliphatic carbocycles. The van der Waals surface area contributed by atoms with Crippen LogP contribution in [0.25, 0.3) is 0 Å². The Morgan fingerprint density at radius 2 is 2.00 bits per heavy atom. The number of nitrogens with zero attached hydrogens (tertiary/aromatic N) is 1. The summed E-state index contributed by atoms with van der Waals surface area (Å²) >= 11 is 0. The predicted molar refractivity (Wildman–Crippen MR) is 77.2 cm³/mol. The van der Waals surface area contributed by atoms with Gasteiger partial charge in [-0.2, -0.15) is 0 Å². The van der Waals surface area contributed by atoms with Crippen LogP contribution in [0.15, 0.2) is 24.5 Å². The highest BCUT2D eigenvalue weighted by atomic mass is 35.5. The molecule has 4 nitrogen and oxygen atoms in total. The highest BCUT2D eigenvalue weighted by molar-refractivity contribution is 5.92. The van der Waals surface area contributed by atoms with Crippen LogP contribution in [0.3, 0.4) is 0 Å². The summed E-state index contributed by atoms with van der Waals surface area (Å²) < 4.78 is 0. The minimum atomic E-state index is 0. The quantitative estimate of drug-likeness (QED) is 0.897. The number of rotatable bonds is 3. The van der Waals surface area contributed by atoms with E-state index in [1.165, 1.54) is 0 Å². The van der Waals surface area contributed by atoms with Crippen LogP contribution in [0.2, 0.25) is 0 Å². The van der Waals surface area contributed by atoms with Crippen LogP contribution in [-0.2, 0) is 4.79 Å². The molecule has 1 heterocycles. The first-order chi connectivity index (χ1) is 7.81. The zero-order valence-electron chi connectivity index (χ0n) is 10.0. The first-order valence-corrected chi connectivity index (χ1v) is 5.72.